The number of aromatic hydroxyl groups is 1. The quantitative estimate of drug-likeness (QED) is 0.515. The molecule has 2 aromatic carbocycles. The highest BCUT2D eigenvalue weighted by Crippen LogP contribution is 2.40. The Morgan fingerprint density at radius 2 is 1.68 bits per heavy atom. The second-order valence-corrected chi connectivity index (χ2v) is 7.09. The number of halogens is 3. The molecule has 0 fully saturated rings. The minimum absolute atomic E-state index is 0.0897. The first-order valence-corrected chi connectivity index (χ1v) is 10.1. The number of alkyl halides is 3. The number of hydrogen-bond acceptors (Lipinski definition) is 5. The van der Waals surface area contributed by atoms with E-state index >= 15 is 0 Å². The van der Waals surface area contributed by atoms with Crippen molar-refractivity contribution in [1.82, 2.24) is 4.90 Å². The molecule has 1 heterocycles. The summed E-state index contributed by atoms with van der Waals surface area (Å²) < 4.78 is 52.0. The van der Waals surface area contributed by atoms with Crippen molar-refractivity contribution in [2.24, 2.45) is 0 Å². The highest BCUT2D eigenvalue weighted by atomic mass is 19.4. The van der Waals surface area contributed by atoms with E-state index in [1.165, 1.54) is 24.3 Å². The van der Waals surface area contributed by atoms with Crippen LogP contribution in [0, 0.1) is 0 Å². The van der Waals surface area contributed by atoms with Gasteiger partial charge in [-0.3, -0.25) is 9.69 Å². The van der Waals surface area contributed by atoms with E-state index in [0.29, 0.717) is 13.1 Å². The minimum atomic E-state index is -4.97. The van der Waals surface area contributed by atoms with Crippen LogP contribution in [-0.2, 0) is 19.1 Å². The summed E-state index contributed by atoms with van der Waals surface area (Å²) in [4.78, 5) is 14.9. The molecule has 0 aliphatic carbocycles. The second-order valence-electron chi connectivity index (χ2n) is 7.09. The summed E-state index contributed by atoms with van der Waals surface area (Å²) >= 11 is 0. The predicted octanol–water partition coefficient (Wildman–Crippen LogP) is 5.71. The Kier molecular flexibility index (Phi) is 6.59. The first-order valence-electron chi connectivity index (χ1n) is 10.1. The third-order valence-corrected chi connectivity index (χ3v) is 5.18. The molecule has 0 bridgehead atoms. The lowest BCUT2D eigenvalue weighted by molar-refractivity contribution is -0.154. The van der Waals surface area contributed by atoms with Gasteiger partial charge in [0.2, 0.25) is 11.2 Å². The van der Waals surface area contributed by atoms with Gasteiger partial charge in [0.25, 0.3) is 5.76 Å². The molecule has 1 N–H and O–H groups in total. The van der Waals surface area contributed by atoms with Crippen LogP contribution < -0.4 is 10.2 Å². The highest BCUT2D eigenvalue weighted by molar-refractivity contribution is 5.83. The van der Waals surface area contributed by atoms with Crippen molar-refractivity contribution >= 4 is 11.0 Å². The van der Waals surface area contributed by atoms with E-state index in [-0.39, 0.29) is 34.6 Å². The molecule has 0 atom stereocenters. The first kappa shape index (κ1) is 22.7. The average Bonchev–Trinajstić information content (AvgIpc) is 2.74. The lowest BCUT2D eigenvalue weighted by Crippen LogP contribution is -2.23. The minimum Gasteiger partial charge on any atom is -0.507 e. The maximum Gasteiger partial charge on any atom is 0.453 e. The summed E-state index contributed by atoms with van der Waals surface area (Å²) in [6.45, 7) is 7.07. The van der Waals surface area contributed by atoms with Crippen LogP contribution in [0.25, 0.3) is 11.0 Å². The molecule has 0 saturated heterocycles. The molecule has 0 aliphatic rings. The number of benzene rings is 2. The molecule has 0 spiro atoms. The Bertz CT molecular complexity index is 1120. The Hall–Kier alpha value is -3.00. The highest BCUT2D eigenvalue weighted by Gasteiger charge is 2.41. The fourth-order valence-corrected chi connectivity index (χ4v) is 3.30. The van der Waals surface area contributed by atoms with Crippen molar-refractivity contribution in [1.29, 1.82) is 0 Å². The van der Waals surface area contributed by atoms with Crippen molar-refractivity contribution in [2.45, 2.75) is 39.9 Å². The number of aryl methyl sites for hydroxylation is 1. The Balaban J connectivity index is 2.22. The zero-order valence-corrected chi connectivity index (χ0v) is 17.5. The molecule has 0 saturated carbocycles. The summed E-state index contributed by atoms with van der Waals surface area (Å²) in [6, 6.07) is 8.97. The summed E-state index contributed by atoms with van der Waals surface area (Å²) in [7, 11) is 0. The Morgan fingerprint density at radius 3 is 2.23 bits per heavy atom. The largest absolute Gasteiger partial charge is 0.507 e. The lowest BCUT2D eigenvalue weighted by atomic mass is 10.1. The van der Waals surface area contributed by atoms with Gasteiger partial charge < -0.3 is 14.3 Å². The third kappa shape index (κ3) is 4.69. The van der Waals surface area contributed by atoms with Crippen LogP contribution in [0.4, 0.5) is 13.2 Å². The number of fused-ring (bicyclic) bond motifs is 1. The molecular weight excluding hydrogens is 411 g/mol. The van der Waals surface area contributed by atoms with Gasteiger partial charge in [-0.2, -0.15) is 13.2 Å². The maximum absolute atomic E-state index is 13.8. The summed E-state index contributed by atoms with van der Waals surface area (Å²) in [5.74, 6) is -2.60. The van der Waals surface area contributed by atoms with E-state index in [0.717, 1.165) is 12.0 Å². The molecule has 31 heavy (non-hydrogen) atoms. The number of phenols is 1. The first-order chi connectivity index (χ1) is 14.7. The Morgan fingerprint density at radius 1 is 1.03 bits per heavy atom. The molecule has 8 heteroatoms. The standard InChI is InChI=1S/C23H24F3NO4/c1-4-14-7-9-15(10-8-14)30-21-19(29)16-11-12-18(28)17(13-27(5-2)6-3)20(16)31-22(21)23(24,25)26/h7-12,28H,4-6,13H2,1-3H3. The summed E-state index contributed by atoms with van der Waals surface area (Å²) in [5, 5.41) is 10.2. The predicted molar refractivity (Wildman–Crippen MR) is 112 cm³/mol. The molecule has 1 aromatic heterocycles. The number of rotatable bonds is 7. The number of hydrogen-bond donors (Lipinski definition) is 1. The Labute approximate surface area is 177 Å². The van der Waals surface area contributed by atoms with Gasteiger partial charge in [0, 0.05) is 6.54 Å². The normalized spacial score (nSPS) is 12.0. The number of ether oxygens (including phenoxy) is 1. The zero-order valence-electron chi connectivity index (χ0n) is 17.5. The van der Waals surface area contributed by atoms with Gasteiger partial charge in [-0.15, -0.1) is 0 Å². The van der Waals surface area contributed by atoms with Crippen LogP contribution in [0.1, 0.15) is 37.7 Å². The molecule has 0 radical (unpaired) electrons. The fourth-order valence-electron chi connectivity index (χ4n) is 3.30. The van der Waals surface area contributed by atoms with Crippen LogP contribution >= 0.6 is 0 Å². The van der Waals surface area contributed by atoms with E-state index in [9.17, 15) is 23.1 Å². The van der Waals surface area contributed by atoms with E-state index < -0.39 is 23.1 Å². The van der Waals surface area contributed by atoms with Crippen molar-refractivity contribution in [3.8, 4) is 17.2 Å². The number of nitrogens with zero attached hydrogens (tertiary/aromatic N) is 1. The van der Waals surface area contributed by atoms with Crippen LogP contribution in [0.3, 0.4) is 0 Å². The molecular formula is C23H24F3NO4. The smallest absolute Gasteiger partial charge is 0.453 e. The summed E-state index contributed by atoms with van der Waals surface area (Å²) in [5.41, 5.74) is -0.139. The van der Waals surface area contributed by atoms with Gasteiger partial charge in [-0.05, 0) is 49.3 Å². The molecule has 0 unspecified atom stereocenters. The molecule has 0 aliphatic heterocycles. The topological polar surface area (TPSA) is 62.9 Å². The molecule has 5 nitrogen and oxygen atoms in total. The second kappa shape index (κ2) is 9.01. The SMILES string of the molecule is CCc1ccc(Oc2c(C(F)(F)F)oc3c(CN(CC)CC)c(O)ccc3c2=O)cc1. The molecule has 166 valence electrons. The van der Waals surface area contributed by atoms with Gasteiger partial charge in [-0.25, -0.2) is 0 Å². The van der Waals surface area contributed by atoms with Crippen molar-refractivity contribution in [2.75, 3.05) is 13.1 Å². The van der Waals surface area contributed by atoms with E-state index in [4.69, 9.17) is 9.15 Å². The maximum atomic E-state index is 13.8. The fraction of sp³-hybridized carbons (Fsp3) is 0.348. The third-order valence-electron chi connectivity index (χ3n) is 5.18. The van der Waals surface area contributed by atoms with Gasteiger partial charge in [-0.1, -0.05) is 32.9 Å². The van der Waals surface area contributed by atoms with Crippen LogP contribution in [0.15, 0.2) is 45.6 Å². The molecule has 3 rings (SSSR count). The van der Waals surface area contributed by atoms with Crippen molar-refractivity contribution in [3.63, 3.8) is 0 Å². The van der Waals surface area contributed by atoms with Crippen LogP contribution in [0.2, 0.25) is 0 Å². The van der Waals surface area contributed by atoms with Crippen LogP contribution in [0.5, 0.6) is 17.2 Å². The van der Waals surface area contributed by atoms with Crippen LogP contribution in [-0.4, -0.2) is 23.1 Å². The van der Waals surface area contributed by atoms with Gasteiger partial charge in [0.05, 0.1) is 10.9 Å². The summed E-state index contributed by atoms with van der Waals surface area (Å²) in [6.07, 6.45) is -4.21. The van der Waals surface area contributed by atoms with Crippen molar-refractivity contribution in [3.05, 3.63) is 63.5 Å². The lowest BCUT2D eigenvalue weighted by Gasteiger charge is -2.20. The average molecular weight is 435 g/mol. The molecule has 0 amide bonds. The monoisotopic (exact) mass is 435 g/mol. The van der Waals surface area contributed by atoms with Gasteiger partial charge in [0.1, 0.15) is 17.1 Å². The molecule has 3 aromatic rings. The van der Waals surface area contributed by atoms with Gasteiger partial charge >= 0.3 is 6.18 Å². The zero-order chi connectivity index (χ0) is 22.8. The van der Waals surface area contributed by atoms with E-state index in [1.807, 2.05) is 25.7 Å². The van der Waals surface area contributed by atoms with E-state index in [2.05, 4.69) is 0 Å². The van der Waals surface area contributed by atoms with E-state index in [1.54, 1.807) is 12.1 Å². The van der Waals surface area contributed by atoms with Gasteiger partial charge in [0.15, 0.2) is 0 Å². The van der Waals surface area contributed by atoms with Crippen molar-refractivity contribution < 1.29 is 27.4 Å². The number of phenolic OH excluding ortho intramolecular Hbond substituents is 1.